The summed E-state index contributed by atoms with van der Waals surface area (Å²) in [6, 6.07) is 11.7. The van der Waals surface area contributed by atoms with Crippen molar-refractivity contribution in [2.24, 2.45) is 0 Å². The highest BCUT2D eigenvalue weighted by Gasteiger charge is 2.17. The summed E-state index contributed by atoms with van der Waals surface area (Å²) >= 11 is 1.34. The maximum Gasteiger partial charge on any atom is 0.347 e. The highest BCUT2D eigenvalue weighted by molar-refractivity contribution is 7.05. The fourth-order valence-corrected chi connectivity index (χ4v) is 3.38. The van der Waals surface area contributed by atoms with Gasteiger partial charge in [-0.3, -0.25) is 0 Å². The van der Waals surface area contributed by atoms with Gasteiger partial charge >= 0.3 is 5.97 Å². The Labute approximate surface area is 181 Å². The van der Waals surface area contributed by atoms with Crippen LogP contribution in [0.2, 0.25) is 0 Å². The van der Waals surface area contributed by atoms with Gasteiger partial charge in [0, 0.05) is 5.56 Å². The molecule has 0 bridgehead atoms. The molecule has 3 aromatic rings. The number of nitrogens with zero attached hydrogens (tertiary/aromatic N) is 2. The number of carbonyl (C=O) groups is 1. The summed E-state index contributed by atoms with van der Waals surface area (Å²) in [5.41, 5.74) is 4.34. The summed E-state index contributed by atoms with van der Waals surface area (Å²) in [6.07, 6.45) is -0.666. The summed E-state index contributed by atoms with van der Waals surface area (Å²) in [7, 11) is 0. The molecule has 6 nitrogen and oxygen atoms in total. The van der Waals surface area contributed by atoms with Crippen molar-refractivity contribution in [1.29, 1.82) is 0 Å². The Morgan fingerprint density at radius 2 is 1.87 bits per heavy atom. The van der Waals surface area contributed by atoms with Gasteiger partial charge in [0.1, 0.15) is 18.1 Å². The zero-order valence-electron chi connectivity index (χ0n) is 17.9. The van der Waals surface area contributed by atoms with Crippen LogP contribution in [0.3, 0.4) is 0 Å². The standard InChI is InChI=1S/C23H26N2O4S/c1-6-27-23(26)17(5)29-20-10-9-19(12-16(20)4)28-13-21-24-22(25-30-21)18-8-7-14(2)15(3)11-18/h7-12,17H,6,13H2,1-5H3. The minimum Gasteiger partial charge on any atom is -0.486 e. The smallest absolute Gasteiger partial charge is 0.347 e. The van der Waals surface area contributed by atoms with Gasteiger partial charge in [0.25, 0.3) is 0 Å². The van der Waals surface area contributed by atoms with Gasteiger partial charge < -0.3 is 14.2 Å². The van der Waals surface area contributed by atoms with Gasteiger partial charge in [-0.05, 0) is 87.1 Å². The summed E-state index contributed by atoms with van der Waals surface area (Å²) in [5, 5.41) is 0.803. The van der Waals surface area contributed by atoms with E-state index in [2.05, 4.69) is 35.3 Å². The third-order valence-electron chi connectivity index (χ3n) is 4.66. The topological polar surface area (TPSA) is 70.5 Å². The zero-order chi connectivity index (χ0) is 21.7. The van der Waals surface area contributed by atoms with Crippen molar-refractivity contribution in [3.63, 3.8) is 0 Å². The molecule has 30 heavy (non-hydrogen) atoms. The van der Waals surface area contributed by atoms with Gasteiger partial charge in [-0.25, -0.2) is 9.78 Å². The lowest BCUT2D eigenvalue weighted by molar-refractivity contribution is -0.150. The fourth-order valence-electron chi connectivity index (χ4n) is 2.80. The molecule has 1 unspecified atom stereocenters. The first-order valence-electron chi connectivity index (χ1n) is 9.84. The van der Waals surface area contributed by atoms with Crippen molar-refractivity contribution < 1.29 is 19.0 Å². The molecule has 0 spiro atoms. The average Bonchev–Trinajstić information content (AvgIpc) is 3.19. The minimum atomic E-state index is -0.666. The Kier molecular flexibility index (Phi) is 7.05. The molecular formula is C23H26N2O4S. The van der Waals surface area contributed by atoms with Crippen molar-refractivity contribution in [2.75, 3.05) is 6.61 Å². The molecule has 0 radical (unpaired) electrons. The van der Waals surface area contributed by atoms with E-state index in [0.29, 0.717) is 24.7 Å². The van der Waals surface area contributed by atoms with Gasteiger partial charge in [-0.15, -0.1) is 0 Å². The maximum atomic E-state index is 11.7. The second-order valence-corrected chi connectivity index (χ2v) is 7.88. The molecule has 1 atom stereocenters. The third-order valence-corrected chi connectivity index (χ3v) is 5.35. The first-order valence-corrected chi connectivity index (χ1v) is 10.6. The third kappa shape index (κ3) is 5.36. The lowest BCUT2D eigenvalue weighted by Crippen LogP contribution is -2.26. The Bertz CT molecular complexity index is 1030. The van der Waals surface area contributed by atoms with E-state index in [1.165, 1.54) is 22.7 Å². The van der Waals surface area contributed by atoms with Crippen molar-refractivity contribution in [3.8, 4) is 22.9 Å². The first-order chi connectivity index (χ1) is 14.4. The van der Waals surface area contributed by atoms with Crippen LogP contribution in [-0.2, 0) is 16.1 Å². The van der Waals surface area contributed by atoms with E-state index in [-0.39, 0.29) is 5.97 Å². The summed E-state index contributed by atoms with van der Waals surface area (Å²) in [5.74, 6) is 1.66. The van der Waals surface area contributed by atoms with E-state index >= 15 is 0 Å². The van der Waals surface area contributed by atoms with Crippen LogP contribution < -0.4 is 9.47 Å². The van der Waals surface area contributed by atoms with Gasteiger partial charge in [0.05, 0.1) is 6.61 Å². The van der Waals surface area contributed by atoms with E-state index in [1.54, 1.807) is 19.9 Å². The number of ether oxygens (including phenoxy) is 3. The minimum absolute atomic E-state index is 0.329. The molecule has 0 fully saturated rings. The molecule has 2 aromatic carbocycles. The van der Waals surface area contributed by atoms with Gasteiger partial charge in [-0.1, -0.05) is 12.1 Å². The molecule has 0 N–H and O–H groups in total. The molecule has 0 saturated heterocycles. The number of hydrogen-bond acceptors (Lipinski definition) is 7. The van der Waals surface area contributed by atoms with Crippen LogP contribution in [0.15, 0.2) is 36.4 Å². The first kappa shape index (κ1) is 21.8. The molecular weight excluding hydrogens is 400 g/mol. The molecule has 1 aromatic heterocycles. The van der Waals surface area contributed by atoms with E-state index in [0.717, 1.165) is 22.0 Å². The van der Waals surface area contributed by atoms with E-state index in [4.69, 9.17) is 14.2 Å². The zero-order valence-corrected chi connectivity index (χ0v) is 18.7. The highest BCUT2D eigenvalue weighted by atomic mass is 32.1. The maximum absolute atomic E-state index is 11.7. The second kappa shape index (κ2) is 9.71. The molecule has 1 heterocycles. The number of hydrogen-bond donors (Lipinski definition) is 0. The number of carbonyl (C=O) groups excluding carboxylic acids is 1. The molecule has 0 aliphatic heterocycles. The van der Waals surface area contributed by atoms with Crippen LogP contribution in [0.25, 0.3) is 11.4 Å². The van der Waals surface area contributed by atoms with Crippen molar-refractivity contribution in [3.05, 3.63) is 58.1 Å². The summed E-state index contributed by atoms with van der Waals surface area (Å²) in [6.45, 7) is 10.2. The van der Waals surface area contributed by atoms with Crippen LogP contribution in [0, 0.1) is 20.8 Å². The van der Waals surface area contributed by atoms with Crippen LogP contribution in [0.1, 0.15) is 35.5 Å². The van der Waals surface area contributed by atoms with Crippen molar-refractivity contribution in [1.82, 2.24) is 9.36 Å². The molecule has 7 heteroatoms. The lowest BCUT2D eigenvalue weighted by Gasteiger charge is -2.15. The molecule has 0 saturated carbocycles. The monoisotopic (exact) mass is 426 g/mol. The molecule has 0 aliphatic rings. The van der Waals surface area contributed by atoms with Gasteiger partial charge in [-0.2, -0.15) is 4.37 Å². The van der Waals surface area contributed by atoms with Gasteiger partial charge in [0.2, 0.25) is 0 Å². The lowest BCUT2D eigenvalue weighted by atomic mass is 10.1. The second-order valence-electron chi connectivity index (χ2n) is 7.04. The Balaban J connectivity index is 1.61. The predicted molar refractivity (Wildman–Crippen MR) is 117 cm³/mol. The fraction of sp³-hybridized carbons (Fsp3) is 0.348. The molecule has 0 aliphatic carbocycles. The normalized spacial score (nSPS) is 11.8. The van der Waals surface area contributed by atoms with Crippen LogP contribution in [-0.4, -0.2) is 28.0 Å². The molecule has 158 valence electrons. The number of aryl methyl sites for hydroxylation is 3. The highest BCUT2D eigenvalue weighted by Crippen LogP contribution is 2.26. The quantitative estimate of drug-likeness (QED) is 0.470. The SMILES string of the molecule is CCOC(=O)C(C)Oc1ccc(OCc2nc(-c3ccc(C)c(C)c3)ns2)cc1C. The van der Waals surface area contributed by atoms with Crippen LogP contribution in [0.5, 0.6) is 11.5 Å². The number of benzene rings is 2. The van der Waals surface area contributed by atoms with Crippen molar-refractivity contribution in [2.45, 2.75) is 47.3 Å². The number of aromatic nitrogens is 2. The number of esters is 1. The van der Waals surface area contributed by atoms with Crippen LogP contribution in [0.4, 0.5) is 0 Å². The predicted octanol–water partition coefficient (Wildman–Crippen LogP) is 5.04. The summed E-state index contributed by atoms with van der Waals surface area (Å²) < 4.78 is 21.0. The van der Waals surface area contributed by atoms with Crippen molar-refractivity contribution >= 4 is 17.5 Å². The Hall–Kier alpha value is -2.93. The summed E-state index contributed by atoms with van der Waals surface area (Å²) in [4.78, 5) is 16.3. The Morgan fingerprint density at radius 1 is 1.07 bits per heavy atom. The largest absolute Gasteiger partial charge is 0.486 e. The molecule has 3 rings (SSSR count). The van der Waals surface area contributed by atoms with E-state index in [9.17, 15) is 4.79 Å². The number of rotatable bonds is 8. The van der Waals surface area contributed by atoms with E-state index in [1.807, 2.05) is 25.1 Å². The Morgan fingerprint density at radius 3 is 2.57 bits per heavy atom. The van der Waals surface area contributed by atoms with Gasteiger partial charge in [0.15, 0.2) is 16.9 Å². The molecule has 0 amide bonds. The van der Waals surface area contributed by atoms with E-state index < -0.39 is 6.10 Å². The average molecular weight is 427 g/mol. The van der Waals surface area contributed by atoms with Crippen LogP contribution >= 0.6 is 11.5 Å².